The minimum Gasteiger partial charge on any atom is -0.393 e. The molecule has 0 heterocycles. The van der Waals surface area contributed by atoms with Crippen molar-refractivity contribution >= 4 is 0 Å². The molecule has 0 aliphatic carbocycles. The second-order valence-corrected chi connectivity index (χ2v) is 3.03. The maximum absolute atomic E-state index is 12.3. The van der Waals surface area contributed by atoms with Gasteiger partial charge < -0.3 is 9.84 Å². The molecule has 15 heavy (non-hydrogen) atoms. The summed E-state index contributed by atoms with van der Waals surface area (Å²) in [6.07, 6.45) is -5.09. The smallest absolute Gasteiger partial charge is 0.393 e. The maximum atomic E-state index is 12.3. The predicted octanol–water partition coefficient (Wildman–Crippen LogP) is 2.39. The molecule has 1 atom stereocenters. The van der Waals surface area contributed by atoms with E-state index < -0.39 is 17.8 Å². The monoisotopic (exact) mass is 220 g/mol. The summed E-state index contributed by atoms with van der Waals surface area (Å²) in [5, 5.41) is 8.87. The van der Waals surface area contributed by atoms with Crippen molar-refractivity contribution in [3.05, 3.63) is 35.4 Å². The zero-order chi connectivity index (χ0) is 11.5. The van der Waals surface area contributed by atoms with Gasteiger partial charge in [0.25, 0.3) is 0 Å². The Morgan fingerprint density at radius 2 is 2.07 bits per heavy atom. The average molecular weight is 220 g/mol. The van der Waals surface area contributed by atoms with Crippen molar-refractivity contribution in [3.8, 4) is 0 Å². The predicted molar refractivity (Wildman–Crippen MR) is 48.3 cm³/mol. The molecule has 0 saturated carbocycles. The van der Waals surface area contributed by atoms with Crippen LogP contribution in [0.3, 0.4) is 0 Å². The van der Waals surface area contributed by atoms with E-state index in [2.05, 4.69) is 0 Å². The molecule has 0 amide bonds. The molecule has 5 heteroatoms. The molecule has 84 valence electrons. The van der Waals surface area contributed by atoms with Crippen molar-refractivity contribution in [3.63, 3.8) is 0 Å². The number of hydrogen-bond acceptors (Lipinski definition) is 2. The average Bonchev–Trinajstić information content (AvgIpc) is 2.19. The highest BCUT2D eigenvalue weighted by molar-refractivity contribution is 5.27. The molecule has 1 N–H and O–H groups in total. The van der Waals surface area contributed by atoms with Crippen LogP contribution in [0.4, 0.5) is 13.2 Å². The zero-order valence-corrected chi connectivity index (χ0v) is 8.08. The van der Waals surface area contributed by atoms with Gasteiger partial charge in [0, 0.05) is 7.11 Å². The summed E-state index contributed by atoms with van der Waals surface area (Å²) in [5.41, 5.74) is -0.426. The lowest BCUT2D eigenvalue weighted by Crippen LogP contribution is -2.10. The first kappa shape index (κ1) is 12.0. The lowest BCUT2D eigenvalue weighted by Gasteiger charge is -2.14. The molecule has 0 aromatic heterocycles. The van der Waals surface area contributed by atoms with Crippen LogP contribution in [0.2, 0.25) is 0 Å². The van der Waals surface area contributed by atoms with E-state index in [1.165, 1.54) is 19.2 Å². The van der Waals surface area contributed by atoms with Crippen LogP contribution in [0.25, 0.3) is 0 Å². The largest absolute Gasteiger partial charge is 0.416 e. The fourth-order valence-electron chi connectivity index (χ4n) is 1.23. The van der Waals surface area contributed by atoms with Crippen molar-refractivity contribution in [1.29, 1.82) is 0 Å². The Morgan fingerprint density at radius 3 is 2.53 bits per heavy atom. The van der Waals surface area contributed by atoms with E-state index in [0.717, 1.165) is 12.1 Å². The van der Waals surface area contributed by atoms with E-state index >= 15 is 0 Å². The molecule has 0 radical (unpaired) electrons. The number of ether oxygens (including phenoxy) is 1. The topological polar surface area (TPSA) is 29.5 Å². The summed E-state index contributed by atoms with van der Waals surface area (Å²) < 4.78 is 41.8. The number of alkyl halides is 3. The summed E-state index contributed by atoms with van der Waals surface area (Å²) >= 11 is 0. The van der Waals surface area contributed by atoms with Crippen LogP contribution in [0.5, 0.6) is 0 Å². The van der Waals surface area contributed by atoms with Crippen LogP contribution in [0.1, 0.15) is 17.2 Å². The highest BCUT2D eigenvalue weighted by Crippen LogP contribution is 2.31. The van der Waals surface area contributed by atoms with Gasteiger partial charge >= 0.3 is 6.18 Å². The van der Waals surface area contributed by atoms with Crippen LogP contribution in [0, 0.1) is 0 Å². The van der Waals surface area contributed by atoms with E-state index in [1.54, 1.807) is 0 Å². The molecule has 0 aliphatic heterocycles. The van der Waals surface area contributed by atoms with Crippen LogP contribution in [-0.2, 0) is 10.9 Å². The summed E-state index contributed by atoms with van der Waals surface area (Å²) in [6.45, 7) is -0.349. The molecule has 2 nitrogen and oxygen atoms in total. The van der Waals surface area contributed by atoms with Crippen molar-refractivity contribution in [2.75, 3.05) is 13.7 Å². The van der Waals surface area contributed by atoms with Gasteiger partial charge in [-0.15, -0.1) is 0 Å². The molecule has 0 fully saturated rings. The first-order valence-corrected chi connectivity index (χ1v) is 4.30. The van der Waals surface area contributed by atoms with Gasteiger partial charge in [0.05, 0.1) is 12.2 Å². The van der Waals surface area contributed by atoms with Crippen molar-refractivity contribution in [1.82, 2.24) is 0 Å². The Bertz CT molecular complexity index is 319. The van der Waals surface area contributed by atoms with Gasteiger partial charge in [-0.3, -0.25) is 0 Å². The fourth-order valence-corrected chi connectivity index (χ4v) is 1.23. The number of aliphatic hydroxyl groups is 1. The van der Waals surface area contributed by atoms with E-state index in [4.69, 9.17) is 9.84 Å². The third-order valence-electron chi connectivity index (χ3n) is 2.04. The minimum atomic E-state index is -4.37. The second-order valence-electron chi connectivity index (χ2n) is 3.03. The van der Waals surface area contributed by atoms with Gasteiger partial charge in [-0.05, 0) is 17.7 Å². The van der Waals surface area contributed by atoms with E-state index in [1.807, 2.05) is 0 Å². The lowest BCUT2D eigenvalue weighted by molar-refractivity contribution is -0.137. The van der Waals surface area contributed by atoms with Crippen molar-refractivity contribution < 1.29 is 23.0 Å². The Labute approximate surface area is 85.3 Å². The SMILES string of the molecule is COC(CO)c1cccc(C(F)(F)F)c1. The van der Waals surface area contributed by atoms with E-state index in [9.17, 15) is 13.2 Å². The highest BCUT2D eigenvalue weighted by atomic mass is 19.4. The van der Waals surface area contributed by atoms with Crippen molar-refractivity contribution in [2.24, 2.45) is 0 Å². The third kappa shape index (κ3) is 2.94. The second kappa shape index (κ2) is 4.63. The molecule has 1 aromatic rings. The molecular weight excluding hydrogens is 209 g/mol. The van der Waals surface area contributed by atoms with Crippen LogP contribution >= 0.6 is 0 Å². The molecule has 1 unspecified atom stereocenters. The van der Waals surface area contributed by atoms with E-state index in [-0.39, 0.29) is 6.61 Å². The van der Waals surface area contributed by atoms with Gasteiger partial charge in [-0.2, -0.15) is 13.2 Å². The van der Waals surface area contributed by atoms with Crippen LogP contribution in [0.15, 0.2) is 24.3 Å². The van der Waals surface area contributed by atoms with E-state index in [0.29, 0.717) is 5.56 Å². The lowest BCUT2D eigenvalue weighted by atomic mass is 10.1. The summed E-state index contributed by atoms with van der Waals surface area (Å²) in [6, 6.07) is 4.73. The van der Waals surface area contributed by atoms with Crippen molar-refractivity contribution in [2.45, 2.75) is 12.3 Å². The first-order valence-electron chi connectivity index (χ1n) is 4.30. The molecule has 1 aromatic carbocycles. The zero-order valence-electron chi connectivity index (χ0n) is 8.08. The number of halogens is 3. The summed E-state index contributed by atoms with van der Waals surface area (Å²) in [7, 11) is 1.33. The normalized spacial score (nSPS) is 13.9. The van der Waals surface area contributed by atoms with Gasteiger partial charge in [0.1, 0.15) is 6.10 Å². The standard InChI is InChI=1S/C10H11F3O2/c1-15-9(6-14)7-3-2-4-8(5-7)10(11,12)13/h2-5,9,14H,6H2,1H3. The third-order valence-corrected chi connectivity index (χ3v) is 2.04. The first-order chi connectivity index (χ1) is 6.99. The number of methoxy groups -OCH3 is 1. The van der Waals surface area contributed by atoms with Gasteiger partial charge in [0.15, 0.2) is 0 Å². The quantitative estimate of drug-likeness (QED) is 0.847. The molecular formula is C10H11F3O2. The molecule has 1 rings (SSSR count). The molecule has 0 saturated heterocycles. The number of hydrogen-bond donors (Lipinski definition) is 1. The summed E-state index contributed by atoms with van der Waals surface area (Å²) in [5.74, 6) is 0. The highest BCUT2D eigenvalue weighted by Gasteiger charge is 2.30. The fraction of sp³-hybridized carbons (Fsp3) is 0.400. The van der Waals surface area contributed by atoms with Crippen LogP contribution in [-0.4, -0.2) is 18.8 Å². The maximum Gasteiger partial charge on any atom is 0.416 e. The minimum absolute atomic E-state index is 0.315. The summed E-state index contributed by atoms with van der Waals surface area (Å²) in [4.78, 5) is 0. The number of benzene rings is 1. The molecule has 0 aliphatic rings. The number of rotatable bonds is 3. The Hall–Kier alpha value is -1.07. The van der Waals surface area contributed by atoms with Gasteiger partial charge in [0.2, 0.25) is 0 Å². The van der Waals surface area contributed by atoms with Gasteiger partial charge in [-0.1, -0.05) is 12.1 Å². The Morgan fingerprint density at radius 1 is 1.40 bits per heavy atom. The van der Waals surface area contributed by atoms with Crippen LogP contribution < -0.4 is 0 Å². The molecule has 0 spiro atoms. The van der Waals surface area contributed by atoms with Gasteiger partial charge in [-0.25, -0.2) is 0 Å². The number of aliphatic hydroxyl groups excluding tert-OH is 1. The molecule has 0 bridgehead atoms. The Balaban J connectivity index is 3.02. The Kier molecular flexibility index (Phi) is 3.71.